The number of hydrogen-bond acceptors (Lipinski definition) is 5. The van der Waals surface area contributed by atoms with Crippen molar-refractivity contribution in [2.45, 2.75) is 38.3 Å². The molecule has 3 aromatic rings. The van der Waals surface area contributed by atoms with Crippen molar-refractivity contribution >= 4 is 17.6 Å². The Balaban J connectivity index is 1.70. The van der Waals surface area contributed by atoms with Crippen molar-refractivity contribution in [2.24, 2.45) is 16.6 Å². The first-order chi connectivity index (χ1) is 16.3. The molecule has 1 amide bonds. The number of Topliss-reactive ketones (excluding diaryl/α,β-unsaturated/α-hetero) is 1. The van der Waals surface area contributed by atoms with Crippen LogP contribution in [0.1, 0.15) is 47.8 Å². The number of amides is 1. The fraction of sp³-hybridized carbons (Fsp3) is 0.308. The number of rotatable bonds is 7. The van der Waals surface area contributed by atoms with Gasteiger partial charge in [0.2, 0.25) is 5.95 Å². The number of aromatic nitrogens is 2. The van der Waals surface area contributed by atoms with Crippen LogP contribution in [0.5, 0.6) is 0 Å². The van der Waals surface area contributed by atoms with Gasteiger partial charge in [-0.15, -0.1) is 0 Å². The lowest BCUT2D eigenvalue weighted by Gasteiger charge is -2.25. The molecule has 0 bridgehead atoms. The van der Waals surface area contributed by atoms with Crippen molar-refractivity contribution in [1.29, 1.82) is 0 Å². The van der Waals surface area contributed by atoms with E-state index in [4.69, 9.17) is 5.73 Å². The number of ketones is 1. The summed E-state index contributed by atoms with van der Waals surface area (Å²) >= 11 is 0. The van der Waals surface area contributed by atoms with Gasteiger partial charge in [-0.25, -0.2) is 9.98 Å². The maximum Gasteiger partial charge on any atom is 0.266 e. The number of carbonyl (C=O) groups excluding carboxylic acids is 2. The van der Waals surface area contributed by atoms with Crippen molar-refractivity contribution in [3.8, 4) is 11.1 Å². The number of aliphatic imine (C=N–C) groups is 1. The van der Waals surface area contributed by atoms with Crippen LogP contribution >= 0.6 is 0 Å². The standard InChI is InChI=1S/C26H26FN5O2/c1-3-22(33)21-13-19(15-32(21)14-16-9-10-16)26(24(34)31(2)25(28)30-26)18-7-4-6-17(12-18)20-8-5-11-29-23(20)27/h4-8,11-13,15-16H,3,9-10,14H2,1-2H3,(H2,28,30)/t26-/m0/s1. The van der Waals surface area contributed by atoms with Crippen molar-refractivity contribution in [2.75, 3.05) is 7.05 Å². The van der Waals surface area contributed by atoms with Crippen LogP contribution < -0.4 is 5.73 Å². The highest BCUT2D eigenvalue weighted by Gasteiger charge is 2.50. The van der Waals surface area contributed by atoms with Crippen molar-refractivity contribution in [1.82, 2.24) is 14.5 Å². The minimum absolute atomic E-state index is 0.00369. The zero-order chi connectivity index (χ0) is 24.0. The quantitative estimate of drug-likeness (QED) is 0.430. The van der Waals surface area contributed by atoms with Crippen LogP contribution in [0.25, 0.3) is 11.1 Å². The number of hydrogen-bond donors (Lipinski definition) is 1. The van der Waals surface area contributed by atoms with Crippen LogP contribution in [0.2, 0.25) is 0 Å². The van der Waals surface area contributed by atoms with Gasteiger partial charge < -0.3 is 10.3 Å². The van der Waals surface area contributed by atoms with Crippen LogP contribution in [0, 0.1) is 11.9 Å². The van der Waals surface area contributed by atoms with E-state index in [0.717, 1.165) is 19.4 Å². The molecular formula is C26H26FN5O2. The number of carbonyl (C=O) groups is 2. The lowest BCUT2D eigenvalue weighted by Crippen LogP contribution is -2.41. The molecule has 2 N–H and O–H groups in total. The van der Waals surface area contributed by atoms with E-state index in [1.807, 2.05) is 17.7 Å². The van der Waals surface area contributed by atoms with Crippen LogP contribution in [-0.2, 0) is 16.9 Å². The van der Waals surface area contributed by atoms with Crippen LogP contribution in [0.4, 0.5) is 4.39 Å². The number of halogens is 1. The Bertz CT molecular complexity index is 1330. The SMILES string of the molecule is CCC(=O)c1cc([C@]2(c3cccc(-c4cccnc4F)c3)N=C(N)N(C)C2=O)cn1CC1CC1. The molecule has 2 aromatic heterocycles. The summed E-state index contributed by atoms with van der Waals surface area (Å²) in [4.78, 5) is 36.2. The van der Waals surface area contributed by atoms with E-state index in [2.05, 4.69) is 9.98 Å². The number of guanidine groups is 1. The molecule has 0 unspecified atom stereocenters. The molecule has 0 spiro atoms. The number of pyridine rings is 1. The third-order valence-corrected chi connectivity index (χ3v) is 6.66. The number of likely N-dealkylation sites (N-methyl/N-ethyl adjacent to an activating group) is 1. The predicted molar refractivity (Wildman–Crippen MR) is 127 cm³/mol. The Hall–Kier alpha value is -3.81. The summed E-state index contributed by atoms with van der Waals surface area (Å²) in [5.41, 5.74) is 7.24. The maximum atomic E-state index is 14.4. The normalized spacial score (nSPS) is 20.0. The van der Waals surface area contributed by atoms with E-state index in [-0.39, 0.29) is 17.6 Å². The molecule has 0 saturated heterocycles. The fourth-order valence-corrected chi connectivity index (χ4v) is 4.55. The number of nitrogens with two attached hydrogens (primary N) is 1. The van der Waals surface area contributed by atoms with E-state index >= 15 is 0 Å². The van der Waals surface area contributed by atoms with Gasteiger partial charge in [-0.1, -0.05) is 25.1 Å². The fourth-order valence-electron chi connectivity index (χ4n) is 4.55. The molecule has 174 valence electrons. The Morgan fingerprint density at radius 3 is 2.65 bits per heavy atom. The Morgan fingerprint density at radius 1 is 1.21 bits per heavy atom. The molecule has 1 aromatic carbocycles. The summed E-state index contributed by atoms with van der Waals surface area (Å²) in [7, 11) is 1.58. The monoisotopic (exact) mass is 459 g/mol. The van der Waals surface area contributed by atoms with E-state index in [1.54, 1.807) is 49.5 Å². The second kappa shape index (κ2) is 8.20. The molecule has 8 heteroatoms. The second-order valence-electron chi connectivity index (χ2n) is 8.95. The van der Waals surface area contributed by atoms with Crippen molar-refractivity contribution < 1.29 is 14.0 Å². The summed E-state index contributed by atoms with van der Waals surface area (Å²) in [5, 5.41) is 0. The largest absolute Gasteiger partial charge is 0.369 e. The number of nitrogens with zero attached hydrogens (tertiary/aromatic N) is 4. The van der Waals surface area contributed by atoms with Crippen LogP contribution in [0.15, 0.2) is 59.9 Å². The van der Waals surface area contributed by atoms with E-state index in [0.29, 0.717) is 40.3 Å². The minimum Gasteiger partial charge on any atom is -0.369 e. The van der Waals surface area contributed by atoms with Gasteiger partial charge in [0.1, 0.15) is 0 Å². The smallest absolute Gasteiger partial charge is 0.266 e. The molecule has 7 nitrogen and oxygen atoms in total. The lowest BCUT2D eigenvalue weighted by molar-refractivity contribution is -0.129. The summed E-state index contributed by atoms with van der Waals surface area (Å²) < 4.78 is 16.4. The highest BCUT2D eigenvalue weighted by molar-refractivity contribution is 6.09. The first-order valence-corrected chi connectivity index (χ1v) is 11.4. The lowest BCUT2D eigenvalue weighted by atomic mass is 9.83. The zero-order valence-corrected chi connectivity index (χ0v) is 19.2. The van der Waals surface area contributed by atoms with E-state index in [9.17, 15) is 14.0 Å². The Labute approximate surface area is 197 Å². The topological polar surface area (TPSA) is 93.6 Å². The van der Waals surface area contributed by atoms with Gasteiger partial charge in [0.25, 0.3) is 5.91 Å². The molecule has 2 aliphatic rings. The first-order valence-electron chi connectivity index (χ1n) is 11.4. The molecule has 3 heterocycles. The summed E-state index contributed by atoms with van der Waals surface area (Å²) in [6, 6.07) is 12.1. The van der Waals surface area contributed by atoms with Crippen LogP contribution in [0.3, 0.4) is 0 Å². The summed E-state index contributed by atoms with van der Waals surface area (Å²) in [6.45, 7) is 2.55. The third-order valence-electron chi connectivity index (χ3n) is 6.66. The van der Waals surface area contributed by atoms with E-state index in [1.165, 1.54) is 11.1 Å². The van der Waals surface area contributed by atoms with Gasteiger partial charge in [-0.05, 0) is 54.2 Å². The van der Waals surface area contributed by atoms with Gasteiger partial charge in [0.15, 0.2) is 17.3 Å². The van der Waals surface area contributed by atoms with Gasteiger partial charge in [-0.2, -0.15) is 4.39 Å². The summed E-state index contributed by atoms with van der Waals surface area (Å²) in [6.07, 6.45) is 5.86. The molecule has 1 aliphatic heterocycles. The molecule has 1 fully saturated rings. The highest BCUT2D eigenvalue weighted by Crippen LogP contribution is 2.42. The minimum atomic E-state index is -1.47. The van der Waals surface area contributed by atoms with Gasteiger partial charge in [-0.3, -0.25) is 14.5 Å². The molecule has 5 rings (SSSR count). The summed E-state index contributed by atoms with van der Waals surface area (Å²) in [5.74, 6) is -0.303. The predicted octanol–water partition coefficient (Wildman–Crippen LogP) is 3.72. The Kier molecular flexibility index (Phi) is 5.31. The van der Waals surface area contributed by atoms with Gasteiger partial charge in [0.05, 0.1) is 5.69 Å². The molecule has 0 radical (unpaired) electrons. The molecule has 1 saturated carbocycles. The van der Waals surface area contributed by atoms with Crippen LogP contribution in [-0.4, -0.2) is 39.1 Å². The molecule has 34 heavy (non-hydrogen) atoms. The molecule has 1 aliphatic carbocycles. The second-order valence-corrected chi connectivity index (χ2v) is 8.95. The van der Waals surface area contributed by atoms with Crippen molar-refractivity contribution in [3.63, 3.8) is 0 Å². The average molecular weight is 460 g/mol. The number of benzene rings is 1. The first kappa shape index (κ1) is 22.0. The Morgan fingerprint density at radius 2 is 2.00 bits per heavy atom. The average Bonchev–Trinajstić information content (AvgIpc) is 3.52. The molecular weight excluding hydrogens is 433 g/mol. The van der Waals surface area contributed by atoms with Crippen molar-refractivity contribution in [3.05, 3.63) is 77.6 Å². The highest BCUT2D eigenvalue weighted by atomic mass is 19.1. The van der Waals surface area contributed by atoms with Gasteiger partial charge >= 0.3 is 0 Å². The maximum absolute atomic E-state index is 14.4. The van der Waals surface area contributed by atoms with E-state index < -0.39 is 11.5 Å². The van der Waals surface area contributed by atoms with Gasteiger partial charge in [0, 0.05) is 43.5 Å². The third kappa shape index (κ3) is 3.50. The zero-order valence-electron chi connectivity index (χ0n) is 19.2. The molecule has 1 atom stereocenters.